The van der Waals surface area contributed by atoms with Crippen LogP contribution in [0.4, 0.5) is 4.79 Å². The number of carbonyl (C=O) groups is 1. The van der Waals surface area contributed by atoms with Crippen LogP contribution in [0.15, 0.2) is 0 Å². The molecule has 1 aliphatic heterocycles. The van der Waals surface area contributed by atoms with Gasteiger partial charge in [-0.1, -0.05) is 12.8 Å². The number of nitrogens with two attached hydrogens (primary N) is 1. The maximum absolute atomic E-state index is 12.5. The number of likely N-dealkylation sites (tertiary alicyclic amines) is 1. The minimum Gasteiger partial charge on any atom is -0.444 e. The standard InChI is InChI=1S/C16H30N2O2/c1-16(2,3)20-15(19)18-11-9-13(8-10-17)14(18)12-6-4-5-7-12/h12-14H,4-11,17H2,1-3H3. The lowest BCUT2D eigenvalue weighted by molar-refractivity contribution is 0.0147. The molecule has 4 nitrogen and oxygen atoms in total. The van der Waals surface area contributed by atoms with E-state index >= 15 is 0 Å². The lowest BCUT2D eigenvalue weighted by Crippen LogP contribution is -2.44. The fourth-order valence-corrected chi connectivity index (χ4v) is 3.88. The third kappa shape index (κ3) is 3.66. The summed E-state index contributed by atoms with van der Waals surface area (Å²) in [6, 6.07) is 0.357. The molecule has 2 rings (SSSR count). The number of hydrogen-bond acceptors (Lipinski definition) is 3. The zero-order valence-corrected chi connectivity index (χ0v) is 13.2. The molecule has 0 radical (unpaired) electrons. The van der Waals surface area contributed by atoms with E-state index in [4.69, 9.17) is 10.5 Å². The van der Waals surface area contributed by atoms with Gasteiger partial charge in [0, 0.05) is 12.6 Å². The molecule has 0 bridgehead atoms. The lowest BCUT2D eigenvalue weighted by atomic mass is 9.86. The van der Waals surface area contributed by atoms with Crippen LogP contribution in [-0.4, -0.2) is 35.7 Å². The van der Waals surface area contributed by atoms with Gasteiger partial charge in [0.1, 0.15) is 5.60 Å². The van der Waals surface area contributed by atoms with E-state index in [-0.39, 0.29) is 6.09 Å². The highest BCUT2D eigenvalue weighted by Crippen LogP contribution is 2.40. The summed E-state index contributed by atoms with van der Waals surface area (Å²) in [4.78, 5) is 14.5. The summed E-state index contributed by atoms with van der Waals surface area (Å²) in [5, 5.41) is 0. The van der Waals surface area contributed by atoms with Gasteiger partial charge < -0.3 is 15.4 Å². The predicted molar refractivity (Wildman–Crippen MR) is 80.5 cm³/mol. The third-order valence-corrected chi connectivity index (χ3v) is 4.63. The Kier molecular flexibility index (Phi) is 4.95. The van der Waals surface area contributed by atoms with Crippen LogP contribution in [0.5, 0.6) is 0 Å². The first-order valence-corrected chi connectivity index (χ1v) is 8.12. The van der Waals surface area contributed by atoms with Crippen molar-refractivity contribution in [3.05, 3.63) is 0 Å². The van der Waals surface area contributed by atoms with E-state index in [1.54, 1.807) is 0 Å². The van der Waals surface area contributed by atoms with Crippen molar-refractivity contribution in [3.63, 3.8) is 0 Å². The summed E-state index contributed by atoms with van der Waals surface area (Å²) in [7, 11) is 0. The molecule has 1 amide bonds. The lowest BCUT2D eigenvalue weighted by Gasteiger charge is -2.34. The quantitative estimate of drug-likeness (QED) is 0.865. The van der Waals surface area contributed by atoms with Crippen molar-refractivity contribution < 1.29 is 9.53 Å². The highest BCUT2D eigenvalue weighted by molar-refractivity contribution is 5.69. The number of amides is 1. The van der Waals surface area contributed by atoms with E-state index in [1.807, 2.05) is 25.7 Å². The molecular formula is C16H30N2O2. The van der Waals surface area contributed by atoms with Crippen molar-refractivity contribution in [3.8, 4) is 0 Å². The van der Waals surface area contributed by atoms with Gasteiger partial charge in [-0.05, 0) is 64.8 Å². The molecule has 1 heterocycles. The van der Waals surface area contributed by atoms with E-state index in [9.17, 15) is 4.79 Å². The van der Waals surface area contributed by atoms with Gasteiger partial charge in [0.15, 0.2) is 0 Å². The molecule has 2 unspecified atom stereocenters. The van der Waals surface area contributed by atoms with Gasteiger partial charge in [-0.3, -0.25) is 0 Å². The van der Waals surface area contributed by atoms with Crippen LogP contribution in [0.25, 0.3) is 0 Å². The Morgan fingerprint density at radius 2 is 1.90 bits per heavy atom. The van der Waals surface area contributed by atoms with Crippen molar-refractivity contribution in [2.75, 3.05) is 13.1 Å². The van der Waals surface area contributed by atoms with E-state index in [1.165, 1.54) is 25.7 Å². The topological polar surface area (TPSA) is 55.6 Å². The molecule has 1 aliphatic carbocycles. The molecule has 0 aromatic rings. The molecule has 0 aromatic carbocycles. The second-order valence-electron chi connectivity index (χ2n) is 7.33. The van der Waals surface area contributed by atoms with Crippen LogP contribution in [0.3, 0.4) is 0 Å². The molecule has 116 valence electrons. The van der Waals surface area contributed by atoms with Gasteiger partial charge in [-0.15, -0.1) is 0 Å². The zero-order chi connectivity index (χ0) is 14.8. The van der Waals surface area contributed by atoms with Crippen molar-refractivity contribution in [2.24, 2.45) is 17.6 Å². The molecule has 20 heavy (non-hydrogen) atoms. The Bertz CT molecular complexity index is 332. The summed E-state index contributed by atoms with van der Waals surface area (Å²) in [6.07, 6.45) is 7.10. The average molecular weight is 282 g/mol. The molecular weight excluding hydrogens is 252 g/mol. The maximum atomic E-state index is 12.5. The first-order chi connectivity index (χ1) is 9.42. The third-order valence-electron chi connectivity index (χ3n) is 4.63. The fourth-order valence-electron chi connectivity index (χ4n) is 3.88. The second-order valence-corrected chi connectivity index (χ2v) is 7.33. The minimum atomic E-state index is -0.413. The zero-order valence-electron chi connectivity index (χ0n) is 13.2. The number of rotatable bonds is 3. The van der Waals surface area contributed by atoms with Gasteiger partial charge in [-0.25, -0.2) is 4.79 Å². The SMILES string of the molecule is CC(C)(C)OC(=O)N1CCC(CCN)C1C1CCCC1. The van der Waals surface area contributed by atoms with Crippen LogP contribution in [0.1, 0.15) is 59.3 Å². The van der Waals surface area contributed by atoms with Crippen LogP contribution in [0.2, 0.25) is 0 Å². The summed E-state index contributed by atoms with van der Waals surface area (Å²) in [5.41, 5.74) is 5.34. The van der Waals surface area contributed by atoms with Crippen LogP contribution in [-0.2, 0) is 4.74 Å². The smallest absolute Gasteiger partial charge is 0.410 e. The molecule has 1 saturated carbocycles. The predicted octanol–water partition coefficient (Wildman–Crippen LogP) is 3.15. The number of nitrogens with zero attached hydrogens (tertiary/aromatic N) is 1. The number of carbonyl (C=O) groups excluding carboxylic acids is 1. The van der Waals surface area contributed by atoms with E-state index in [2.05, 4.69) is 0 Å². The van der Waals surface area contributed by atoms with Gasteiger partial charge in [0.05, 0.1) is 0 Å². The van der Waals surface area contributed by atoms with E-state index < -0.39 is 5.60 Å². The highest BCUT2D eigenvalue weighted by Gasteiger charge is 2.43. The van der Waals surface area contributed by atoms with Gasteiger partial charge in [0.2, 0.25) is 0 Å². The molecule has 0 spiro atoms. The Morgan fingerprint density at radius 1 is 1.25 bits per heavy atom. The summed E-state index contributed by atoms with van der Waals surface area (Å²) in [5.74, 6) is 1.22. The first-order valence-electron chi connectivity index (χ1n) is 8.12. The molecule has 4 heteroatoms. The first kappa shape index (κ1) is 15.6. The number of ether oxygens (including phenoxy) is 1. The molecule has 2 atom stereocenters. The molecule has 1 saturated heterocycles. The molecule has 2 aliphatic rings. The summed E-state index contributed by atoms with van der Waals surface area (Å²) in [6.45, 7) is 7.35. The largest absolute Gasteiger partial charge is 0.444 e. The average Bonchev–Trinajstić information content (AvgIpc) is 2.94. The van der Waals surface area contributed by atoms with Crippen molar-refractivity contribution >= 4 is 6.09 Å². The molecule has 0 aromatic heterocycles. The fraction of sp³-hybridized carbons (Fsp3) is 0.938. The molecule has 2 N–H and O–H groups in total. The van der Waals surface area contributed by atoms with Crippen LogP contribution in [0, 0.1) is 11.8 Å². The molecule has 2 fully saturated rings. The summed E-state index contributed by atoms with van der Waals surface area (Å²) < 4.78 is 5.59. The van der Waals surface area contributed by atoms with Crippen molar-refractivity contribution in [1.82, 2.24) is 4.90 Å². The Labute approximate surface area is 123 Å². The van der Waals surface area contributed by atoms with E-state index in [0.29, 0.717) is 17.9 Å². The minimum absolute atomic E-state index is 0.131. The Morgan fingerprint density at radius 3 is 2.45 bits per heavy atom. The monoisotopic (exact) mass is 282 g/mol. The highest BCUT2D eigenvalue weighted by atomic mass is 16.6. The van der Waals surface area contributed by atoms with Crippen LogP contribution < -0.4 is 5.73 Å². The summed E-state index contributed by atoms with van der Waals surface area (Å²) >= 11 is 0. The van der Waals surface area contributed by atoms with Crippen molar-refractivity contribution in [2.45, 2.75) is 70.9 Å². The van der Waals surface area contributed by atoms with Gasteiger partial charge >= 0.3 is 6.09 Å². The normalized spacial score (nSPS) is 28.1. The maximum Gasteiger partial charge on any atom is 0.410 e. The van der Waals surface area contributed by atoms with E-state index in [0.717, 1.165) is 25.9 Å². The van der Waals surface area contributed by atoms with Crippen LogP contribution >= 0.6 is 0 Å². The second kappa shape index (κ2) is 6.33. The van der Waals surface area contributed by atoms with Gasteiger partial charge in [-0.2, -0.15) is 0 Å². The Hall–Kier alpha value is -0.770. The number of hydrogen-bond donors (Lipinski definition) is 1. The van der Waals surface area contributed by atoms with Gasteiger partial charge in [0.25, 0.3) is 0 Å². The Balaban J connectivity index is 2.07. The van der Waals surface area contributed by atoms with Crippen molar-refractivity contribution in [1.29, 1.82) is 0 Å².